The van der Waals surface area contributed by atoms with Crippen LogP contribution in [0.1, 0.15) is 51.5 Å². The van der Waals surface area contributed by atoms with Crippen LogP contribution in [0.2, 0.25) is 0 Å². The number of rotatable bonds is 11. The SMILES string of the molecule is CCCCCCCOc1ccc(NC(=O)C(=Cc2ccccc2)NC(C)=O)cc1. The van der Waals surface area contributed by atoms with Crippen LogP contribution >= 0.6 is 0 Å². The molecule has 2 aromatic rings. The van der Waals surface area contributed by atoms with Crippen LogP contribution in [0.15, 0.2) is 60.3 Å². The summed E-state index contributed by atoms with van der Waals surface area (Å²) in [7, 11) is 0. The largest absolute Gasteiger partial charge is 0.494 e. The van der Waals surface area contributed by atoms with Crippen LogP contribution in [0.3, 0.4) is 0 Å². The number of hydrogen-bond acceptors (Lipinski definition) is 3. The standard InChI is InChI=1S/C24H30N2O3/c1-3-4-5-6-10-17-29-22-15-13-21(14-16-22)26-24(28)23(25-19(2)27)18-20-11-8-7-9-12-20/h7-9,11-16,18H,3-6,10,17H2,1-2H3,(H,25,27)(H,26,28). The summed E-state index contributed by atoms with van der Waals surface area (Å²) >= 11 is 0. The van der Waals surface area contributed by atoms with Gasteiger partial charge in [-0.25, -0.2) is 0 Å². The summed E-state index contributed by atoms with van der Waals surface area (Å²) in [5.41, 5.74) is 1.65. The third kappa shape index (κ3) is 8.64. The Hall–Kier alpha value is -3.08. The summed E-state index contributed by atoms with van der Waals surface area (Å²) in [5, 5.41) is 5.40. The molecule has 0 saturated carbocycles. The van der Waals surface area contributed by atoms with Crippen molar-refractivity contribution in [2.45, 2.75) is 46.0 Å². The zero-order chi connectivity index (χ0) is 20.9. The minimum atomic E-state index is -0.381. The molecule has 154 valence electrons. The normalized spacial score (nSPS) is 11.0. The molecule has 0 aliphatic carbocycles. The molecular weight excluding hydrogens is 364 g/mol. The Morgan fingerprint density at radius 3 is 2.28 bits per heavy atom. The van der Waals surface area contributed by atoms with Gasteiger partial charge in [-0.1, -0.05) is 62.9 Å². The monoisotopic (exact) mass is 394 g/mol. The van der Waals surface area contributed by atoms with Crippen molar-refractivity contribution in [2.24, 2.45) is 0 Å². The third-order valence-corrected chi connectivity index (χ3v) is 4.29. The molecule has 0 unspecified atom stereocenters. The average molecular weight is 395 g/mol. The minimum Gasteiger partial charge on any atom is -0.494 e. The van der Waals surface area contributed by atoms with Gasteiger partial charge >= 0.3 is 0 Å². The van der Waals surface area contributed by atoms with E-state index in [9.17, 15) is 9.59 Å². The maximum Gasteiger partial charge on any atom is 0.272 e. The molecule has 0 aromatic heterocycles. The summed E-state index contributed by atoms with van der Waals surface area (Å²) in [6.45, 7) is 4.27. The molecule has 0 saturated heterocycles. The fourth-order valence-corrected chi connectivity index (χ4v) is 2.79. The fraction of sp³-hybridized carbons (Fsp3) is 0.333. The molecule has 0 radical (unpaired) electrons. The molecular formula is C24H30N2O3. The minimum absolute atomic E-state index is 0.191. The first-order valence-electron chi connectivity index (χ1n) is 10.2. The smallest absolute Gasteiger partial charge is 0.272 e. The van der Waals surface area contributed by atoms with Gasteiger partial charge in [-0.15, -0.1) is 0 Å². The van der Waals surface area contributed by atoms with E-state index in [2.05, 4.69) is 17.6 Å². The van der Waals surface area contributed by atoms with Crippen LogP contribution in [-0.4, -0.2) is 18.4 Å². The van der Waals surface area contributed by atoms with E-state index in [1.807, 2.05) is 42.5 Å². The van der Waals surface area contributed by atoms with Crippen molar-refractivity contribution < 1.29 is 14.3 Å². The molecule has 29 heavy (non-hydrogen) atoms. The van der Waals surface area contributed by atoms with E-state index in [4.69, 9.17) is 4.74 Å². The Kier molecular flexibility index (Phi) is 9.49. The van der Waals surface area contributed by atoms with E-state index in [1.165, 1.54) is 32.6 Å². The second kappa shape index (κ2) is 12.4. The average Bonchev–Trinajstić information content (AvgIpc) is 2.72. The van der Waals surface area contributed by atoms with Gasteiger partial charge in [0, 0.05) is 12.6 Å². The van der Waals surface area contributed by atoms with Crippen LogP contribution in [0.5, 0.6) is 5.75 Å². The van der Waals surface area contributed by atoms with Crippen LogP contribution in [0.4, 0.5) is 5.69 Å². The number of nitrogens with one attached hydrogen (secondary N) is 2. The van der Waals surface area contributed by atoms with E-state index in [1.54, 1.807) is 18.2 Å². The van der Waals surface area contributed by atoms with Crippen molar-refractivity contribution in [3.05, 3.63) is 65.9 Å². The summed E-state index contributed by atoms with van der Waals surface area (Å²) < 4.78 is 5.74. The lowest BCUT2D eigenvalue weighted by molar-refractivity contribution is -0.120. The van der Waals surface area contributed by atoms with E-state index >= 15 is 0 Å². The van der Waals surface area contributed by atoms with Crippen molar-refractivity contribution in [3.63, 3.8) is 0 Å². The van der Waals surface area contributed by atoms with Gasteiger partial charge in [0.15, 0.2) is 0 Å². The second-order valence-corrected chi connectivity index (χ2v) is 6.89. The highest BCUT2D eigenvalue weighted by atomic mass is 16.5. The Labute approximate surface area is 173 Å². The van der Waals surface area contributed by atoms with Crippen LogP contribution in [0.25, 0.3) is 6.08 Å². The van der Waals surface area contributed by atoms with Gasteiger partial charge < -0.3 is 15.4 Å². The van der Waals surface area contributed by atoms with Crippen molar-refractivity contribution in [1.82, 2.24) is 5.32 Å². The highest BCUT2D eigenvalue weighted by Gasteiger charge is 2.11. The molecule has 0 aliphatic heterocycles. The van der Waals surface area contributed by atoms with Gasteiger partial charge in [-0.05, 0) is 42.3 Å². The number of carbonyl (C=O) groups is 2. The maximum absolute atomic E-state index is 12.6. The number of hydrogen-bond donors (Lipinski definition) is 2. The van der Waals surface area contributed by atoms with Gasteiger partial charge in [0.1, 0.15) is 11.4 Å². The molecule has 2 N–H and O–H groups in total. The zero-order valence-corrected chi connectivity index (χ0v) is 17.2. The number of benzene rings is 2. The van der Waals surface area contributed by atoms with E-state index in [0.717, 1.165) is 17.7 Å². The van der Waals surface area contributed by atoms with Crippen molar-refractivity contribution in [3.8, 4) is 5.75 Å². The highest BCUT2D eigenvalue weighted by molar-refractivity contribution is 6.08. The highest BCUT2D eigenvalue weighted by Crippen LogP contribution is 2.17. The topological polar surface area (TPSA) is 67.4 Å². The number of amides is 2. The van der Waals surface area contributed by atoms with E-state index < -0.39 is 0 Å². The summed E-state index contributed by atoms with van der Waals surface area (Å²) in [4.78, 5) is 24.1. The maximum atomic E-state index is 12.6. The van der Waals surface area contributed by atoms with Crippen LogP contribution in [0, 0.1) is 0 Å². The van der Waals surface area contributed by atoms with Crippen molar-refractivity contribution in [1.29, 1.82) is 0 Å². The van der Waals surface area contributed by atoms with Gasteiger partial charge in [0.05, 0.1) is 6.61 Å². The molecule has 0 aliphatic rings. The van der Waals surface area contributed by atoms with Gasteiger partial charge in [0.2, 0.25) is 5.91 Å². The zero-order valence-electron chi connectivity index (χ0n) is 17.2. The summed E-state index contributed by atoms with van der Waals surface area (Å²) in [6, 6.07) is 16.6. The predicted octanol–water partition coefficient (Wildman–Crippen LogP) is 5.15. The lowest BCUT2D eigenvalue weighted by atomic mass is 10.2. The van der Waals surface area contributed by atoms with Crippen molar-refractivity contribution >= 4 is 23.6 Å². The fourth-order valence-electron chi connectivity index (χ4n) is 2.79. The first-order chi connectivity index (χ1) is 14.1. The first-order valence-corrected chi connectivity index (χ1v) is 10.2. The van der Waals surface area contributed by atoms with Crippen molar-refractivity contribution in [2.75, 3.05) is 11.9 Å². The van der Waals surface area contributed by atoms with Gasteiger partial charge in [-0.2, -0.15) is 0 Å². The molecule has 0 bridgehead atoms. The first kappa shape index (κ1) is 22.2. The Morgan fingerprint density at radius 1 is 0.931 bits per heavy atom. The number of unbranched alkanes of at least 4 members (excludes halogenated alkanes) is 4. The summed E-state index contributed by atoms with van der Waals surface area (Å²) in [5.74, 6) is 0.0964. The van der Waals surface area contributed by atoms with E-state index in [-0.39, 0.29) is 17.5 Å². The molecule has 2 rings (SSSR count). The Morgan fingerprint density at radius 2 is 1.62 bits per heavy atom. The quantitative estimate of drug-likeness (QED) is 0.409. The molecule has 0 fully saturated rings. The Balaban J connectivity index is 1.92. The number of carbonyl (C=O) groups excluding carboxylic acids is 2. The molecule has 5 heteroatoms. The molecule has 0 spiro atoms. The van der Waals surface area contributed by atoms with Crippen LogP contribution in [-0.2, 0) is 9.59 Å². The number of anilines is 1. The molecule has 0 heterocycles. The molecule has 0 atom stereocenters. The third-order valence-electron chi connectivity index (χ3n) is 4.29. The predicted molar refractivity (Wildman–Crippen MR) is 118 cm³/mol. The number of ether oxygens (including phenoxy) is 1. The van der Waals surface area contributed by atoms with E-state index in [0.29, 0.717) is 12.3 Å². The van der Waals surface area contributed by atoms with Crippen LogP contribution < -0.4 is 15.4 Å². The lowest BCUT2D eigenvalue weighted by Gasteiger charge is -2.11. The summed E-state index contributed by atoms with van der Waals surface area (Å²) in [6.07, 6.45) is 7.63. The van der Waals surface area contributed by atoms with Gasteiger partial charge in [0.25, 0.3) is 5.91 Å². The lowest BCUT2D eigenvalue weighted by Crippen LogP contribution is -2.28. The molecule has 5 nitrogen and oxygen atoms in total. The Bertz CT molecular complexity index is 799. The molecule has 2 aromatic carbocycles. The van der Waals surface area contributed by atoms with Gasteiger partial charge in [-0.3, -0.25) is 9.59 Å². The molecule has 2 amide bonds. The second-order valence-electron chi connectivity index (χ2n) is 6.89.